The first-order valence-electron chi connectivity index (χ1n) is 6.93. The molecule has 0 amide bonds. The van der Waals surface area contributed by atoms with Crippen molar-refractivity contribution in [2.75, 3.05) is 19.8 Å². The zero-order chi connectivity index (χ0) is 15.2. The Kier molecular flexibility index (Phi) is 6.12. The minimum absolute atomic E-state index is 0.192. The highest BCUT2D eigenvalue weighted by Gasteiger charge is 2.16. The van der Waals surface area contributed by atoms with E-state index >= 15 is 0 Å². The van der Waals surface area contributed by atoms with Crippen LogP contribution < -0.4 is 5.73 Å². The largest absolute Gasteiger partial charge is 0.329 e. The molecule has 2 aromatic carbocycles. The summed E-state index contributed by atoms with van der Waals surface area (Å²) in [6, 6.07) is 16.8. The van der Waals surface area contributed by atoms with Crippen LogP contribution >= 0.6 is 23.4 Å². The standard InChI is InChI=1S/C17H21ClN2S/c1-20(12-14-5-3-4-6-16(14)18)17(11-19)13-7-9-15(21-2)10-8-13/h3-10,17H,11-12,19H2,1-2H3. The molecule has 1 unspecified atom stereocenters. The summed E-state index contributed by atoms with van der Waals surface area (Å²) < 4.78 is 0. The predicted molar refractivity (Wildman–Crippen MR) is 92.9 cm³/mol. The van der Waals surface area contributed by atoms with Gasteiger partial charge in [-0.25, -0.2) is 0 Å². The molecule has 112 valence electrons. The summed E-state index contributed by atoms with van der Waals surface area (Å²) in [7, 11) is 2.09. The van der Waals surface area contributed by atoms with Crippen LogP contribution in [0.25, 0.3) is 0 Å². The summed E-state index contributed by atoms with van der Waals surface area (Å²) in [6.07, 6.45) is 2.08. The molecule has 2 nitrogen and oxygen atoms in total. The Morgan fingerprint density at radius 3 is 2.38 bits per heavy atom. The molecule has 4 heteroatoms. The molecule has 0 aliphatic rings. The molecule has 0 spiro atoms. The Morgan fingerprint density at radius 2 is 1.81 bits per heavy atom. The Hall–Kier alpha value is -1.00. The summed E-state index contributed by atoms with van der Waals surface area (Å²) in [5.41, 5.74) is 8.35. The van der Waals surface area contributed by atoms with Crippen molar-refractivity contribution in [1.29, 1.82) is 0 Å². The van der Waals surface area contributed by atoms with Crippen LogP contribution in [0.2, 0.25) is 5.02 Å². The average Bonchev–Trinajstić information content (AvgIpc) is 2.51. The van der Waals surface area contributed by atoms with Crippen LogP contribution in [0.5, 0.6) is 0 Å². The molecular formula is C17H21ClN2S. The molecular weight excluding hydrogens is 300 g/mol. The fraction of sp³-hybridized carbons (Fsp3) is 0.294. The number of hydrogen-bond donors (Lipinski definition) is 1. The number of thioether (sulfide) groups is 1. The van der Waals surface area contributed by atoms with Gasteiger partial charge in [-0.05, 0) is 42.6 Å². The highest BCUT2D eigenvalue weighted by atomic mass is 35.5. The number of hydrogen-bond acceptors (Lipinski definition) is 3. The Balaban J connectivity index is 2.14. The van der Waals surface area contributed by atoms with Crippen molar-refractivity contribution < 1.29 is 0 Å². The minimum atomic E-state index is 0.192. The van der Waals surface area contributed by atoms with Crippen molar-refractivity contribution in [2.45, 2.75) is 17.5 Å². The van der Waals surface area contributed by atoms with Crippen LogP contribution in [0.15, 0.2) is 53.4 Å². The third kappa shape index (κ3) is 4.24. The average molecular weight is 321 g/mol. The van der Waals surface area contributed by atoms with E-state index in [1.54, 1.807) is 11.8 Å². The molecule has 2 aromatic rings. The van der Waals surface area contributed by atoms with E-state index in [1.165, 1.54) is 10.5 Å². The predicted octanol–water partition coefficient (Wildman–Crippen LogP) is 4.19. The van der Waals surface area contributed by atoms with Gasteiger partial charge in [0.2, 0.25) is 0 Å². The SMILES string of the molecule is CSc1ccc(C(CN)N(C)Cc2ccccc2Cl)cc1. The number of benzene rings is 2. The van der Waals surface area contributed by atoms with E-state index in [1.807, 2.05) is 18.2 Å². The first-order chi connectivity index (χ1) is 10.2. The molecule has 0 aromatic heterocycles. The van der Waals surface area contributed by atoms with Gasteiger partial charge in [-0.15, -0.1) is 11.8 Å². The van der Waals surface area contributed by atoms with E-state index < -0.39 is 0 Å². The molecule has 21 heavy (non-hydrogen) atoms. The fourth-order valence-corrected chi connectivity index (χ4v) is 3.01. The molecule has 0 saturated heterocycles. The van der Waals surface area contributed by atoms with E-state index in [-0.39, 0.29) is 6.04 Å². The van der Waals surface area contributed by atoms with Gasteiger partial charge >= 0.3 is 0 Å². The Labute approximate surface area is 136 Å². The molecule has 0 bridgehead atoms. The highest BCUT2D eigenvalue weighted by Crippen LogP contribution is 2.25. The van der Waals surface area contributed by atoms with Crippen molar-refractivity contribution in [1.82, 2.24) is 4.90 Å². The Morgan fingerprint density at radius 1 is 1.14 bits per heavy atom. The van der Waals surface area contributed by atoms with Gasteiger partial charge in [0.05, 0.1) is 0 Å². The lowest BCUT2D eigenvalue weighted by Crippen LogP contribution is -2.30. The second-order valence-corrected chi connectivity index (χ2v) is 6.32. The van der Waals surface area contributed by atoms with Crippen LogP contribution in [-0.2, 0) is 6.54 Å². The van der Waals surface area contributed by atoms with Gasteiger partial charge in [0.1, 0.15) is 0 Å². The van der Waals surface area contributed by atoms with E-state index in [0.717, 1.165) is 17.1 Å². The van der Waals surface area contributed by atoms with Gasteiger partial charge in [0.25, 0.3) is 0 Å². The molecule has 0 aliphatic carbocycles. The van der Waals surface area contributed by atoms with Gasteiger partial charge in [0, 0.05) is 29.0 Å². The quantitative estimate of drug-likeness (QED) is 0.809. The van der Waals surface area contributed by atoms with Gasteiger partial charge in [-0.1, -0.05) is 41.9 Å². The van der Waals surface area contributed by atoms with Gasteiger partial charge < -0.3 is 5.73 Å². The second-order valence-electron chi connectivity index (χ2n) is 5.03. The topological polar surface area (TPSA) is 29.3 Å². The van der Waals surface area contributed by atoms with Crippen molar-refractivity contribution in [3.63, 3.8) is 0 Å². The third-order valence-corrected chi connectivity index (χ3v) is 4.75. The van der Waals surface area contributed by atoms with E-state index in [2.05, 4.69) is 48.5 Å². The monoisotopic (exact) mass is 320 g/mol. The van der Waals surface area contributed by atoms with Crippen molar-refractivity contribution in [3.8, 4) is 0 Å². The summed E-state index contributed by atoms with van der Waals surface area (Å²) in [4.78, 5) is 3.51. The normalized spacial score (nSPS) is 12.6. The van der Waals surface area contributed by atoms with E-state index in [4.69, 9.17) is 17.3 Å². The summed E-state index contributed by atoms with van der Waals surface area (Å²) in [5, 5.41) is 0.804. The third-order valence-electron chi connectivity index (χ3n) is 3.63. The van der Waals surface area contributed by atoms with Crippen LogP contribution in [0.3, 0.4) is 0 Å². The maximum absolute atomic E-state index is 6.24. The van der Waals surface area contributed by atoms with E-state index in [9.17, 15) is 0 Å². The Bertz CT molecular complexity index is 571. The molecule has 2 rings (SSSR count). The molecule has 0 fully saturated rings. The van der Waals surface area contributed by atoms with Crippen molar-refractivity contribution in [3.05, 3.63) is 64.7 Å². The zero-order valence-electron chi connectivity index (χ0n) is 12.4. The molecule has 1 atom stereocenters. The number of nitrogens with zero attached hydrogens (tertiary/aromatic N) is 1. The number of nitrogens with two attached hydrogens (primary N) is 1. The van der Waals surface area contributed by atoms with Gasteiger partial charge in [-0.3, -0.25) is 4.90 Å². The molecule has 0 radical (unpaired) electrons. The first-order valence-corrected chi connectivity index (χ1v) is 8.53. The lowest BCUT2D eigenvalue weighted by molar-refractivity contribution is 0.242. The van der Waals surface area contributed by atoms with Gasteiger partial charge in [0.15, 0.2) is 0 Å². The molecule has 0 heterocycles. The molecule has 0 aliphatic heterocycles. The molecule has 0 saturated carbocycles. The van der Waals surface area contributed by atoms with Crippen molar-refractivity contribution in [2.24, 2.45) is 5.73 Å². The summed E-state index contributed by atoms with van der Waals surface area (Å²) in [5.74, 6) is 0. The highest BCUT2D eigenvalue weighted by molar-refractivity contribution is 7.98. The maximum Gasteiger partial charge on any atom is 0.0470 e. The minimum Gasteiger partial charge on any atom is -0.329 e. The van der Waals surface area contributed by atoms with Gasteiger partial charge in [-0.2, -0.15) is 0 Å². The zero-order valence-corrected chi connectivity index (χ0v) is 14.0. The summed E-state index contributed by atoms with van der Waals surface area (Å²) in [6.45, 7) is 1.37. The second kappa shape index (κ2) is 7.85. The van der Waals surface area contributed by atoms with Crippen LogP contribution in [0.1, 0.15) is 17.2 Å². The number of likely N-dealkylation sites (N-methyl/N-ethyl adjacent to an activating group) is 1. The number of halogens is 1. The first kappa shape index (κ1) is 16.4. The lowest BCUT2D eigenvalue weighted by Gasteiger charge is -2.28. The summed E-state index contributed by atoms with van der Waals surface area (Å²) >= 11 is 7.99. The van der Waals surface area contributed by atoms with Crippen LogP contribution in [0.4, 0.5) is 0 Å². The number of rotatable bonds is 6. The maximum atomic E-state index is 6.24. The van der Waals surface area contributed by atoms with Crippen molar-refractivity contribution >= 4 is 23.4 Å². The van der Waals surface area contributed by atoms with E-state index in [0.29, 0.717) is 6.54 Å². The molecule has 2 N–H and O–H groups in total. The smallest absolute Gasteiger partial charge is 0.0470 e. The lowest BCUT2D eigenvalue weighted by atomic mass is 10.0. The van der Waals surface area contributed by atoms with Crippen LogP contribution in [0, 0.1) is 0 Å². The fourth-order valence-electron chi connectivity index (χ4n) is 2.40. The van der Waals surface area contributed by atoms with Crippen LogP contribution in [-0.4, -0.2) is 24.7 Å².